The Hall–Kier alpha value is -2.77. The van der Waals surface area contributed by atoms with Gasteiger partial charge in [0.05, 0.1) is 23.1 Å². The molecule has 5 nitrogen and oxygen atoms in total. The van der Waals surface area contributed by atoms with Crippen molar-refractivity contribution in [1.82, 2.24) is 9.78 Å². The summed E-state index contributed by atoms with van der Waals surface area (Å²) in [5.41, 5.74) is 2.02. The third-order valence-corrected chi connectivity index (χ3v) is 5.91. The second kappa shape index (κ2) is 7.69. The molecule has 0 spiro atoms. The van der Waals surface area contributed by atoms with Crippen LogP contribution < -0.4 is 0 Å². The molecule has 28 heavy (non-hydrogen) atoms. The van der Waals surface area contributed by atoms with E-state index in [0.717, 1.165) is 20.2 Å². The van der Waals surface area contributed by atoms with Crippen molar-refractivity contribution in [1.29, 1.82) is 0 Å². The number of carbonyl (C=O) groups is 2. The summed E-state index contributed by atoms with van der Waals surface area (Å²) in [7, 11) is 0. The standard InChI is InChI=1S/C21H15BrN2O3S/c1-13-17(11-23-24(13)16-5-3-2-4-6-16)18(25)12-27-21(26)20-10-14-9-15(22)7-8-19(14)28-20/h2-11H,12H2,1H3. The number of hydrogen-bond donors (Lipinski definition) is 0. The van der Waals surface area contributed by atoms with Crippen LogP contribution in [0.15, 0.2) is 65.3 Å². The van der Waals surface area contributed by atoms with Crippen LogP contribution >= 0.6 is 27.3 Å². The molecule has 0 atom stereocenters. The summed E-state index contributed by atoms with van der Waals surface area (Å²) in [4.78, 5) is 25.3. The first kappa shape index (κ1) is 18.6. The normalized spacial score (nSPS) is 10.9. The second-order valence-corrected chi connectivity index (χ2v) is 8.18. The van der Waals surface area contributed by atoms with Crippen LogP contribution in [0.25, 0.3) is 15.8 Å². The van der Waals surface area contributed by atoms with Crippen molar-refractivity contribution in [3.63, 3.8) is 0 Å². The van der Waals surface area contributed by atoms with Gasteiger partial charge < -0.3 is 4.74 Å². The summed E-state index contributed by atoms with van der Waals surface area (Å²) in [5.74, 6) is -0.782. The largest absolute Gasteiger partial charge is 0.453 e. The van der Waals surface area contributed by atoms with Crippen molar-refractivity contribution in [3.8, 4) is 5.69 Å². The third kappa shape index (κ3) is 3.63. The van der Waals surface area contributed by atoms with Crippen molar-refractivity contribution in [2.45, 2.75) is 6.92 Å². The number of aromatic nitrogens is 2. The number of ketones is 1. The van der Waals surface area contributed by atoms with Crippen LogP contribution in [0, 0.1) is 6.92 Å². The van der Waals surface area contributed by atoms with Gasteiger partial charge in [-0.2, -0.15) is 5.10 Å². The first-order chi connectivity index (χ1) is 13.5. The minimum Gasteiger partial charge on any atom is -0.453 e. The number of esters is 1. The Morgan fingerprint density at radius 3 is 2.71 bits per heavy atom. The fourth-order valence-electron chi connectivity index (χ4n) is 2.91. The van der Waals surface area contributed by atoms with E-state index < -0.39 is 5.97 Å². The molecule has 0 fully saturated rings. The lowest BCUT2D eigenvalue weighted by Gasteiger charge is -2.05. The molecule has 2 aromatic carbocycles. The number of benzene rings is 2. The topological polar surface area (TPSA) is 61.2 Å². The predicted molar refractivity (Wildman–Crippen MR) is 112 cm³/mol. The van der Waals surface area contributed by atoms with Crippen LogP contribution in [0.2, 0.25) is 0 Å². The van der Waals surface area contributed by atoms with Gasteiger partial charge in [0.25, 0.3) is 0 Å². The molecule has 4 aromatic rings. The van der Waals surface area contributed by atoms with Crippen molar-refractivity contribution < 1.29 is 14.3 Å². The molecule has 0 amide bonds. The summed E-state index contributed by atoms with van der Waals surface area (Å²) < 4.78 is 8.87. The first-order valence-electron chi connectivity index (χ1n) is 8.52. The van der Waals surface area contributed by atoms with E-state index in [2.05, 4.69) is 21.0 Å². The second-order valence-electron chi connectivity index (χ2n) is 6.18. The van der Waals surface area contributed by atoms with E-state index in [1.165, 1.54) is 17.5 Å². The van der Waals surface area contributed by atoms with Gasteiger partial charge in [-0.05, 0) is 48.7 Å². The van der Waals surface area contributed by atoms with Gasteiger partial charge in [-0.1, -0.05) is 34.1 Å². The first-order valence-corrected chi connectivity index (χ1v) is 10.1. The third-order valence-electron chi connectivity index (χ3n) is 4.32. The average Bonchev–Trinajstić information content (AvgIpc) is 3.29. The number of hydrogen-bond acceptors (Lipinski definition) is 5. The molecule has 0 aliphatic heterocycles. The fourth-order valence-corrected chi connectivity index (χ4v) is 4.22. The van der Waals surface area contributed by atoms with Crippen molar-refractivity contribution >= 4 is 49.1 Å². The van der Waals surface area contributed by atoms with Gasteiger partial charge in [0.1, 0.15) is 4.88 Å². The molecule has 0 unspecified atom stereocenters. The molecular weight excluding hydrogens is 440 g/mol. The number of thiophene rings is 1. The fraction of sp³-hybridized carbons (Fsp3) is 0.0952. The highest BCUT2D eigenvalue weighted by atomic mass is 79.9. The molecule has 0 saturated carbocycles. The number of Topliss-reactive ketones (excluding diaryl/α,β-unsaturated/α-hetero) is 1. The molecule has 2 heterocycles. The minimum absolute atomic E-state index is 0.281. The molecule has 0 N–H and O–H groups in total. The smallest absolute Gasteiger partial charge is 0.348 e. The lowest BCUT2D eigenvalue weighted by molar-refractivity contribution is 0.0479. The minimum atomic E-state index is -0.501. The molecule has 0 aliphatic rings. The van der Waals surface area contributed by atoms with Crippen LogP contribution in [-0.4, -0.2) is 28.1 Å². The molecule has 0 aliphatic carbocycles. The average molecular weight is 455 g/mol. The van der Waals surface area contributed by atoms with Gasteiger partial charge >= 0.3 is 5.97 Å². The van der Waals surface area contributed by atoms with Crippen LogP contribution in [0.3, 0.4) is 0 Å². The summed E-state index contributed by atoms with van der Waals surface area (Å²) in [6.45, 7) is 1.50. The summed E-state index contributed by atoms with van der Waals surface area (Å²) in [6.07, 6.45) is 1.51. The number of rotatable bonds is 5. The van der Waals surface area contributed by atoms with E-state index in [1.54, 1.807) is 10.7 Å². The maximum absolute atomic E-state index is 12.5. The van der Waals surface area contributed by atoms with Crippen LogP contribution in [0.1, 0.15) is 25.7 Å². The van der Waals surface area contributed by atoms with Crippen LogP contribution in [0.4, 0.5) is 0 Å². The maximum atomic E-state index is 12.5. The Bertz CT molecular complexity index is 1180. The van der Waals surface area contributed by atoms with Gasteiger partial charge in [0, 0.05) is 9.17 Å². The van der Waals surface area contributed by atoms with E-state index in [-0.39, 0.29) is 12.4 Å². The van der Waals surface area contributed by atoms with E-state index >= 15 is 0 Å². The van der Waals surface area contributed by atoms with Crippen molar-refractivity contribution in [2.24, 2.45) is 0 Å². The van der Waals surface area contributed by atoms with E-state index in [1.807, 2.05) is 55.5 Å². The highest BCUT2D eigenvalue weighted by Gasteiger charge is 2.18. The van der Waals surface area contributed by atoms with E-state index in [0.29, 0.717) is 16.1 Å². The molecule has 0 radical (unpaired) electrons. The zero-order valence-electron chi connectivity index (χ0n) is 14.9. The number of halogens is 1. The Labute approximate surface area is 173 Å². The van der Waals surface area contributed by atoms with Gasteiger partial charge in [0.2, 0.25) is 5.78 Å². The molecule has 0 bridgehead atoms. The molecule has 140 valence electrons. The Morgan fingerprint density at radius 2 is 1.93 bits per heavy atom. The molecule has 4 rings (SSSR count). The zero-order chi connectivity index (χ0) is 19.7. The van der Waals surface area contributed by atoms with Crippen molar-refractivity contribution in [3.05, 3.63) is 81.4 Å². The molecular formula is C21H15BrN2O3S. The van der Waals surface area contributed by atoms with Gasteiger partial charge in [0.15, 0.2) is 6.61 Å². The van der Waals surface area contributed by atoms with E-state index in [4.69, 9.17) is 4.74 Å². The highest BCUT2D eigenvalue weighted by molar-refractivity contribution is 9.10. The SMILES string of the molecule is Cc1c(C(=O)COC(=O)c2cc3cc(Br)ccc3s2)cnn1-c1ccccc1. The monoisotopic (exact) mass is 454 g/mol. The number of para-hydroxylation sites is 1. The Morgan fingerprint density at radius 1 is 1.14 bits per heavy atom. The van der Waals surface area contributed by atoms with Crippen LogP contribution in [-0.2, 0) is 4.74 Å². The van der Waals surface area contributed by atoms with Crippen LogP contribution in [0.5, 0.6) is 0 Å². The summed E-state index contributed by atoms with van der Waals surface area (Å²) in [6, 6.07) is 17.1. The van der Waals surface area contributed by atoms with E-state index in [9.17, 15) is 9.59 Å². The van der Waals surface area contributed by atoms with Gasteiger partial charge in [-0.25, -0.2) is 9.48 Å². The summed E-state index contributed by atoms with van der Waals surface area (Å²) in [5, 5.41) is 5.24. The highest BCUT2D eigenvalue weighted by Crippen LogP contribution is 2.28. The summed E-state index contributed by atoms with van der Waals surface area (Å²) >= 11 is 4.76. The lowest BCUT2D eigenvalue weighted by atomic mass is 10.2. The molecule has 7 heteroatoms. The number of fused-ring (bicyclic) bond motifs is 1. The number of carbonyl (C=O) groups excluding carboxylic acids is 2. The zero-order valence-corrected chi connectivity index (χ0v) is 17.3. The maximum Gasteiger partial charge on any atom is 0.348 e. The van der Waals surface area contributed by atoms with Crippen molar-refractivity contribution in [2.75, 3.05) is 6.61 Å². The molecule has 2 aromatic heterocycles. The quantitative estimate of drug-likeness (QED) is 0.307. The Balaban J connectivity index is 1.47. The Kier molecular flexibility index (Phi) is 5.11. The number of nitrogens with zero attached hydrogens (tertiary/aromatic N) is 2. The van der Waals surface area contributed by atoms with Gasteiger partial charge in [-0.3, -0.25) is 4.79 Å². The molecule has 0 saturated heterocycles. The lowest BCUT2D eigenvalue weighted by Crippen LogP contribution is -2.14. The van der Waals surface area contributed by atoms with Gasteiger partial charge in [-0.15, -0.1) is 11.3 Å². The number of ether oxygens (including phenoxy) is 1. The predicted octanol–water partition coefficient (Wildman–Crippen LogP) is 5.20.